The highest BCUT2D eigenvalue weighted by Gasteiger charge is 2.25. The number of hydrogen-bond acceptors (Lipinski definition) is 6. The first-order valence-corrected chi connectivity index (χ1v) is 6.33. The minimum Gasteiger partial charge on any atom is -0.465 e. The van der Waals surface area contributed by atoms with Crippen molar-refractivity contribution >= 4 is 27.6 Å². The summed E-state index contributed by atoms with van der Waals surface area (Å²) in [5.74, 6) is -0.820. The lowest BCUT2D eigenvalue weighted by atomic mass is 9.98. The summed E-state index contributed by atoms with van der Waals surface area (Å²) < 4.78 is 4.51. The number of rotatable bonds is 5. The number of carbonyl (C=O) groups is 1. The van der Waals surface area contributed by atoms with Crippen molar-refractivity contribution in [2.75, 3.05) is 12.4 Å². The van der Waals surface area contributed by atoms with Gasteiger partial charge in [-0.1, -0.05) is 15.9 Å². The van der Waals surface area contributed by atoms with E-state index in [-0.39, 0.29) is 22.1 Å². The van der Waals surface area contributed by atoms with Crippen molar-refractivity contribution in [2.45, 2.75) is 12.2 Å². The first-order valence-electron chi connectivity index (χ1n) is 5.21. The maximum Gasteiger partial charge on any atom is 0.338 e. The molecule has 0 saturated carbocycles. The first-order chi connectivity index (χ1) is 8.92. The van der Waals surface area contributed by atoms with E-state index >= 15 is 0 Å². The van der Waals surface area contributed by atoms with Gasteiger partial charge < -0.3 is 14.9 Å². The lowest BCUT2D eigenvalue weighted by Gasteiger charge is -2.18. The van der Waals surface area contributed by atoms with Crippen LogP contribution in [0.5, 0.6) is 0 Å². The largest absolute Gasteiger partial charge is 0.465 e. The number of non-ortho nitro benzene ring substituents is 1. The second-order valence-corrected chi connectivity index (χ2v) is 4.33. The van der Waals surface area contributed by atoms with Crippen molar-refractivity contribution in [3.63, 3.8) is 0 Å². The average Bonchev–Trinajstić information content (AvgIpc) is 2.43. The van der Waals surface area contributed by atoms with Crippen LogP contribution < -0.4 is 0 Å². The van der Waals surface area contributed by atoms with Crippen molar-refractivity contribution in [1.82, 2.24) is 0 Å². The number of nitro groups is 1. The van der Waals surface area contributed by atoms with E-state index in [1.807, 2.05) is 0 Å². The Bertz CT molecular complexity index is 492. The van der Waals surface area contributed by atoms with Gasteiger partial charge in [-0.05, 0) is 11.6 Å². The monoisotopic (exact) mass is 333 g/mol. The van der Waals surface area contributed by atoms with Crippen LogP contribution >= 0.6 is 15.9 Å². The second kappa shape index (κ2) is 6.60. The molecule has 0 aromatic heterocycles. The molecule has 0 heterocycles. The highest BCUT2D eigenvalue weighted by atomic mass is 79.9. The van der Waals surface area contributed by atoms with Crippen molar-refractivity contribution in [1.29, 1.82) is 0 Å². The van der Waals surface area contributed by atoms with E-state index in [0.29, 0.717) is 0 Å². The van der Waals surface area contributed by atoms with Gasteiger partial charge in [-0.3, -0.25) is 10.1 Å². The Morgan fingerprint density at radius 1 is 1.53 bits per heavy atom. The van der Waals surface area contributed by atoms with Crippen LogP contribution in [0, 0.1) is 10.1 Å². The molecule has 0 amide bonds. The second-order valence-electron chi connectivity index (χ2n) is 3.69. The quantitative estimate of drug-likeness (QED) is 0.362. The number of aliphatic hydroxyl groups is 2. The predicted octanol–water partition coefficient (Wildman–Crippen LogP) is 1.17. The molecule has 0 aliphatic heterocycles. The van der Waals surface area contributed by atoms with Crippen LogP contribution in [0.2, 0.25) is 0 Å². The number of hydrogen-bond donors (Lipinski definition) is 2. The van der Waals surface area contributed by atoms with E-state index in [1.165, 1.54) is 6.07 Å². The van der Waals surface area contributed by atoms with Crippen molar-refractivity contribution < 1.29 is 24.7 Å². The van der Waals surface area contributed by atoms with Crippen LogP contribution in [0.4, 0.5) is 5.69 Å². The fourth-order valence-corrected chi connectivity index (χ4v) is 1.85. The number of esters is 1. The number of halogens is 1. The Hall–Kier alpha value is -1.51. The molecule has 0 radical (unpaired) electrons. The first kappa shape index (κ1) is 15.5. The molecule has 7 nitrogen and oxygen atoms in total. The van der Waals surface area contributed by atoms with Gasteiger partial charge in [0.2, 0.25) is 0 Å². The molecule has 1 aromatic carbocycles. The third-order valence-corrected chi connectivity index (χ3v) is 3.16. The van der Waals surface area contributed by atoms with Gasteiger partial charge in [-0.2, -0.15) is 0 Å². The molecule has 1 aromatic rings. The normalized spacial score (nSPS) is 13.7. The fraction of sp³-hybridized carbons (Fsp3) is 0.364. The van der Waals surface area contributed by atoms with Crippen LogP contribution in [-0.4, -0.2) is 39.6 Å². The van der Waals surface area contributed by atoms with Gasteiger partial charge in [0.05, 0.1) is 23.7 Å². The van der Waals surface area contributed by atoms with Crippen molar-refractivity contribution in [2.24, 2.45) is 0 Å². The number of nitro benzene ring substituents is 1. The summed E-state index contributed by atoms with van der Waals surface area (Å²) >= 11 is 2.99. The van der Waals surface area contributed by atoms with Gasteiger partial charge in [0, 0.05) is 17.5 Å². The minimum absolute atomic E-state index is 0.0735. The zero-order valence-corrected chi connectivity index (χ0v) is 11.5. The Labute approximate surface area is 117 Å². The lowest BCUT2D eigenvalue weighted by Crippen LogP contribution is -2.22. The summed E-state index contributed by atoms with van der Waals surface area (Å²) in [5, 5.41) is 30.2. The molecule has 104 valence electrons. The topological polar surface area (TPSA) is 110 Å². The molecule has 1 rings (SSSR count). The van der Waals surface area contributed by atoms with Gasteiger partial charge >= 0.3 is 5.97 Å². The summed E-state index contributed by atoms with van der Waals surface area (Å²) in [6, 6.07) is 3.37. The average molecular weight is 334 g/mol. The van der Waals surface area contributed by atoms with E-state index in [2.05, 4.69) is 20.7 Å². The number of ether oxygens (including phenoxy) is 1. The van der Waals surface area contributed by atoms with E-state index in [4.69, 9.17) is 0 Å². The van der Waals surface area contributed by atoms with E-state index in [9.17, 15) is 25.1 Å². The molecule has 0 saturated heterocycles. The molecule has 0 fully saturated rings. The molecule has 0 aliphatic carbocycles. The highest BCUT2D eigenvalue weighted by molar-refractivity contribution is 9.09. The maximum atomic E-state index is 11.6. The fourth-order valence-electron chi connectivity index (χ4n) is 1.49. The van der Waals surface area contributed by atoms with Gasteiger partial charge in [0.1, 0.15) is 6.10 Å². The summed E-state index contributed by atoms with van der Waals surface area (Å²) in [6.07, 6.45) is -2.50. The Morgan fingerprint density at radius 2 is 2.16 bits per heavy atom. The molecule has 2 N–H and O–H groups in total. The third kappa shape index (κ3) is 3.49. The van der Waals surface area contributed by atoms with Gasteiger partial charge in [0.25, 0.3) is 5.69 Å². The zero-order chi connectivity index (χ0) is 14.6. The van der Waals surface area contributed by atoms with Crippen LogP contribution in [0.1, 0.15) is 22.0 Å². The summed E-state index contributed by atoms with van der Waals surface area (Å²) in [6.45, 7) is 0. The highest BCUT2D eigenvalue weighted by Crippen LogP contribution is 2.26. The SMILES string of the molecule is COC(=O)c1cc([N+](=O)[O-])ccc1C(O)C(O)CBr. The molecule has 19 heavy (non-hydrogen) atoms. The van der Waals surface area contributed by atoms with Gasteiger partial charge in [-0.15, -0.1) is 0 Å². The number of methoxy groups -OCH3 is 1. The van der Waals surface area contributed by atoms with Gasteiger partial charge in [-0.25, -0.2) is 4.79 Å². The molecular weight excluding hydrogens is 322 g/mol. The van der Waals surface area contributed by atoms with Crippen LogP contribution in [0.3, 0.4) is 0 Å². The molecule has 0 spiro atoms. The molecular formula is C11H12BrNO6. The standard InChI is InChI=1S/C11H12BrNO6/c1-19-11(16)8-4-6(13(17)18)2-3-7(8)10(15)9(14)5-12/h2-4,9-10,14-15H,5H2,1H3. The van der Waals surface area contributed by atoms with E-state index in [1.54, 1.807) is 0 Å². The zero-order valence-electron chi connectivity index (χ0n) is 9.95. The Balaban J connectivity index is 3.30. The predicted molar refractivity (Wildman–Crippen MR) is 69.2 cm³/mol. The molecule has 8 heteroatoms. The Morgan fingerprint density at radius 3 is 2.63 bits per heavy atom. The lowest BCUT2D eigenvalue weighted by molar-refractivity contribution is -0.384. The minimum atomic E-state index is -1.35. The summed E-state index contributed by atoms with van der Waals surface area (Å²) in [4.78, 5) is 21.6. The smallest absolute Gasteiger partial charge is 0.338 e. The number of nitrogens with zero attached hydrogens (tertiary/aromatic N) is 1. The molecule has 2 unspecified atom stereocenters. The number of benzene rings is 1. The summed E-state index contributed by atoms with van der Waals surface area (Å²) in [5.41, 5.74) is -0.377. The molecule has 0 bridgehead atoms. The Kier molecular flexibility index (Phi) is 5.40. The molecule has 2 atom stereocenters. The third-order valence-electron chi connectivity index (χ3n) is 2.49. The van der Waals surface area contributed by atoms with Crippen LogP contribution in [0.25, 0.3) is 0 Å². The summed E-state index contributed by atoms with van der Waals surface area (Å²) in [7, 11) is 1.12. The maximum absolute atomic E-state index is 11.6. The van der Waals surface area contributed by atoms with E-state index in [0.717, 1.165) is 19.2 Å². The van der Waals surface area contributed by atoms with Crippen molar-refractivity contribution in [3.8, 4) is 0 Å². The van der Waals surface area contributed by atoms with Gasteiger partial charge in [0.15, 0.2) is 0 Å². The molecule has 0 aliphatic rings. The number of alkyl halides is 1. The van der Waals surface area contributed by atoms with E-state index < -0.39 is 23.1 Å². The number of aliphatic hydroxyl groups excluding tert-OH is 2. The van der Waals surface area contributed by atoms with Crippen LogP contribution in [-0.2, 0) is 4.74 Å². The van der Waals surface area contributed by atoms with Crippen LogP contribution in [0.15, 0.2) is 18.2 Å². The van der Waals surface area contributed by atoms with Crippen molar-refractivity contribution in [3.05, 3.63) is 39.4 Å². The number of carbonyl (C=O) groups excluding carboxylic acids is 1.